The molecule has 1 aliphatic rings. The van der Waals surface area contributed by atoms with Gasteiger partial charge >= 0.3 is 0 Å². The SMILES string of the molecule is COc1ccc(OC)c(NC(=NC2CC2)NN)c1. The minimum atomic E-state index is 0.375. The fourth-order valence-corrected chi connectivity index (χ4v) is 1.53. The van der Waals surface area contributed by atoms with Crippen molar-refractivity contribution in [1.82, 2.24) is 5.43 Å². The number of hydrazine groups is 1. The number of rotatable bonds is 4. The molecule has 4 N–H and O–H groups in total. The Labute approximate surface area is 106 Å². The van der Waals surface area contributed by atoms with Gasteiger partial charge in [0.15, 0.2) is 0 Å². The van der Waals surface area contributed by atoms with Gasteiger partial charge in [0, 0.05) is 6.07 Å². The quantitative estimate of drug-likeness (QED) is 0.323. The summed E-state index contributed by atoms with van der Waals surface area (Å²) in [5, 5.41) is 3.10. The van der Waals surface area contributed by atoms with Crippen molar-refractivity contribution in [3.63, 3.8) is 0 Å². The zero-order valence-corrected chi connectivity index (χ0v) is 10.6. The van der Waals surface area contributed by atoms with Gasteiger partial charge in [0.05, 0.1) is 25.9 Å². The Bertz CT molecular complexity index is 444. The molecule has 0 heterocycles. The maximum Gasteiger partial charge on any atom is 0.210 e. The van der Waals surface area contributed by atoms with Crippen LogP contribution in [0.5, 0.6) is 11.5 Å². The van der Waals surface area contributed by atoms with Gasteiger partial charge in [0.25, 0.3) is 0 Å². The van der Waals surface area contributed by atoms with Crippen LogP contribution in [0.1, 0.15) is 12.8 Å². The van der Waals surface area contributed by atoms with E-state index in [2.05, 4.69) is 15.7 Å². The van der Waals surface area contributed by atoms with Crippen LogP contribution >= 0.6 is 0 Å². The van der Waals surface area contributed by atoms with Crippen molar-refractivity contribution < 1.29 is 9.47 Å². The van der Waals surface area contributed by atoms with Crippen LogP contribution in [0.3, 0.4) is 0 Å². The summed E-state index contributed by atoms with van der Waals surface area (Å²) in [6.45, 7) is 0. The van der Waals surface area contributed by atoms with Crippen molar-refractivity contribution in [2.24, 2.45) is 10.8 Å². The highest BCUT2D eigenvalue weighted by Gasteiger charge is 2.21. The molecule has 0 atom stereocenters. The molecule has 1 aliphatic carbocycles. The summed E-state index contributed by atoms with van der Waals surface area (Å²) in [5.74, 6) is 7.42. The molecule has 2 rings (SSSR count). The molecule has 0 amide bonds. The number of hydrogen-bond donors (Lipinski definition) is 3. The second-order valence-corrected chi connectivity index (χ2v) is 4.04. The lowest BCUT2D eigenvalue weighted by molar-refractivity contribution is 0.405. The summed E-state index contributed by atoms with van der Waals surface area (Å²) in [6.07, 6.45) is 2.23. The van der Waals surface area contributed by atoms with E-state index in [1.807, 2.05) is 18.2 Å². The van der Waals surface area contributed by atoms with Gasteiger partial charge in [-0.25, -0.2) is 10.8 Å². The third kappa shape index (κ3) is 3.04. The highest BCUT2D eigenvalue weighted by Crippen LogP contribution is 2.29. The van der Waals surface area contributed by atoms with Gasteiger partial charge in [-0.2, -0.15) is 0 Å². The molecule has 0 radical (unpaired) electrons. The van der Waals surface area contributed by atoms with Gasteiger partial charge in [-0.3, -0.25) is 5.43 Å². The van der Waals surface area contributed by atoms with Gasteiger partial charge in [-0.05, 0) is 25.0 Å². The molecule has 0 spiro atoms. The normalized spacial score (nSPS) is 15.2. The highest BCUT2D eigenvalue weighted by molar-refractivity contribution is 5.95. The molecular formula is C12H18N4O2. The Morgan fingerprint density at radius 1 is 1.33 bits per heavy atom. The highest BCUT2D eigenvalue weighted by atomic mass is 16.5. The Morgan fingerprint density at radius 2 is 2.11 bits per heavy atom. The summed E-state index contributed by atoms with van der Waals surface area (Å²) in [6, 6.07) is 5.86. The van der Waals surface area contributed by atoms with E-state index in [1.165, 1.54) is 0 Å². The molecular weight excluding hydrogens is 232 g/mol. The topological polar surface area (TPSA) is 80.9 Å². The monoisotopic (exact) mass is 250 g/mol. The number of ether oxygens (including phenoxy) is 2. The fourth-order valence-electron chi connectivity index (χ4n) is 1.53. The number of nitrogens with one attached hydrogen (secondary N) is 2. The molecule has 1 aromatic carbocycles. The lowest BCUT2D eigenvalue weighted by Crippen LogP contribution is -2.36. The molecule has 1 fully saturated rings. The maximum absolute atomic E-state index is 5.44. The van der Waals surface area contributed by atoms with Gasteiger partial charge in [0.1, 0.15) is 11.5 Å². The van der Waals surface area contributed by atoms with Crippen LogP contribution in [-0.2, 0) is 0 Å². The second kappa shape index (κ2) is 5.59. The first-order valence-electron chi connectivity index (χ1n) is 5.80. The Balaban J connectivity index is 2.19. The third-order valence-corrected chi connectivity index (χ3v) is 2.65. The summed E-state index contributed by atoms with van der Waals surface area (Å²) in [4.78, 5) is 4.41. The summed E-state index contributed by atoms with van der Waals surface area (Å²) in [7, 11) is 3.23. The predicted molar refractivity (Wildman–Crippen MR) is 70.9 cm³/mol. The van der Waals surface area contributed by atoms with E-state index in [0.29, 0.717) is 17.8 Å². The standard InChI is InChI=1S/C12H18N4O2/c1-17-9-5-6-11(18-2)10(7-9)15-12(16-13)14-8-3-4-8/h5-8H,3-4,13H2,1-2H3,(H2,14,15,16). The Morgan fingerprint density at radius 3 is 2.67 bits per heavy atom. The molecule has 0 aromatic heterocycles. The van der Waals surface area contributed by atoms with Crippen molar-refractivity contribution >= 4 is 11.6 Å². The first-order chi connectivity index (χ1) is 8.76. The molecule has 1 aromatic rings. The van der Waals surface area contributed by atoms with E-state index >= 15 is 0 Å². The average molecular weight is 250 g/mol. The van der Waals surface area contributed by atoms with Crippen LogP contribution in [0, 0.1) is 0 Å². The molecule has 18 heavy (non-hydrogen) atoms. The van der Waals surface area contributed by atoms with E-state index < -0.39 is 0 Å². The molecule has 0 bridgehead atoms. The second-order valence-electron chi connectivity index (χ2n) is 4.04. The van der Waals surface area contributed by atoms with E-state index in [0.717, 1.165) is 24.3 Å². The first kappa shape index (κ1) is 12.5. The number of nitrogens with zero attached hydrogens (tertiary/aromatic N) is 1. The van der Waals surface area contributed by atoms with Crippen LogP contribution in [0.15, 0.2) is 23.2 Å². The molecule has 0 saturated heterocycles. The zero-order valence-electron chi connectivity index (χ0n) is 10.6. The molecule has 98 valence electrons. The third-order valence-electron chi connectivity index (χ3n) is 2.65. The fraction of sp³-hybridized carbons (Fsp3) is 0.417. The smallest absolute Gasteiger partial charge is 0.210 e. The van der Waals surface area contributed by atoms with Crippen molar-refractivity contribution in [2.75, 3.05) is 19.5 Å². The molecule has 0 unspecified atom stereocenters. The average Bonchev–Trinajstić information content (AvgIpc) is 3.21. The van der Waals surface area contributed by atoms with Crippen LogP contribution in [0.4, 0.5) is 5.69 Å². The van der Waals surface area contributed by atoms with E-state index in [9.17, 15) is 0 Å². The van der Waals surface area contributed by atoms with E-state index in [4.69, 9.17) is 15.3 Å². The number of nitrogens with two attached hydrogens (primary N) is 1. The number of aliphatic imine (C=N–C) groups is 1. The van der Waals surface area contributed by atoms with Gasteiger partial charge in [0.2, 0.25) is 5.96 Å². The summed E-state index contributed by atoms with van der Waals surface area (Å²) >= 11 is 0. The van der Waals surface area contributed by atoms with Crippen LogP contribution < -0.4 is 26.1 Å². The Hall–Kier alpha value is -1.95. The largest absolute Gasteiger partial charge is 0.497 e. The molecule has 1 saturated carbocycles. The Kier molecular flexibility index (Phi) is 3.88. The maximum atomic E-state index is 5.44. The number of anilines is 1. The van der Waals surface area contributed by atoms with Crippen LogP contribution in [-0.4, -0.2) is 26.2 Å². The van der Waals surface area contributed by atoms with Gasteiger partial charge in [-0.15, -0.1) is 0 Å². The first-order valence-corrected chi connectivity index (χ1v) is 5.80. The van der Waals surface area contributed by atoms with Crippen molar-refractivity contribution in [3.05, 3.63) is 18.2 Å². The van der Waals surface area contributed by atoms with Gasteiger partial charge < -0.3 is 14.8 Å². The van der Waals surface area contributed by atoms with Gasteiger partial charge in [-0.1, -0.05) is 0 Å². The van der Waals surface area contributed by atoms with Crippen LogP contribution in [0.2, 0.25) is 0 Å². The van der Waals surface area contributed by atoms with Crippen molar-refractivity contribution in [2.45, 2.75) is 18.9 Å². The number of methoxy groups -OCH3 is 2. The summed E-state index contributed by atoms with van der Waals surface area (Å²) in [5.41, 5.74) is 3.31. The number of guanidine groups is 1. The minimum absolute atomic E-state index is 0.375. The molecule has 6 heteroatoms. The van der Waals surface area contributed by atoms with E-state index in [-0.39, 0.29) is 0 Å². The molecule has 6 nitrogen and oxygen atoms in total. The van der Waals surface area contributed by atoms with Crippen molar-refractivity contribution in [1.29, 1.82) is 0 Å². The minimum Gasteiger partial charge on any atom is -0.497 e. The van der Waals surface area contributed by atoms with Crippen molar-refractivity contribution in [3.8, 4) is 11.5 Å². The number of benzene rings is 1. The summed E-state index contributed by atoms with van der Waals surface area (Å²) < 4.78 is 10.4. The predicted octanol–water partition coefficient (Wildman–Crippen LogP) is 1.10. The number of hydrogen-bond acceptors (Lipinski definition) is 4. The van der Waals surface area contributed by atoms with Crippen LogP contribution in [0.25, 0.3) is 0 Å². The zero-order chi connectivity index (χ0) is 13.0. The van der Waals surface area contributed by atoms with E-state index in [1.54, 1.807) is 14.2 Å². The molecule has 0 aliphatic heterocycles. The lowest BCUT2D eigenvalue weighted by Gasteiger charge is -2.13. The lowest BCUT2D eigenvalue weighted by atomic mass is 10.2.